The fourth-order valence-corrected chi connectivity index (χ4v) is 2.91. The summed E-state index contributed by atoms with van der Waals surface area (Å²) in [5, 5.41) is 10.5. The zero-order chi connectivity index (χ0) is 17.5. The van der Waals surface area contributed by atoms with Crippen LogP contribution in [-0.4, -0.2) is 16.7 Å². The summed E-state index contributed by atoms with van der Waals surface area (Å²) in [6.07, 6.45) is 0.245. The quantitative estimate of drug-likeness (QED) is 0.841. The Hall–Kier alpha value is -2.68. The first-order chi connectivity index (χ1) is 11.3. The summed E-state index contributed by atoms with van der Waals surface area (Å²) in [5.41, 5.74) is 3.01. The van der Waals surface area contributed by atoms with Crippen LogP contribution in [0.25, 0.3) is 5.76 Å². The molecule has 0 fully saturated rings. The molecule has 1 N–H and O–H groups in total. The van der Waals surface area contributed by atoms with Gasteiger partial charge in [0.2, 0.25) is 11.6 Å². The molecule has 1 aliphatic carbocycles. The lowest BCUT2D eigenvalue weighted by atomic mass is 9.84. The lowest BCUT2D eigenvalue weighted by Crippen LogP contribution is -2.25. The summed E-state index contributed by atoms with van der Waals surface area (Å²) in [4.78, 5) is 24.6. The predicted molar refractivity (Wildman–Crippen MR) is 94.2 cm³/mol. The van der Waals surface area contributed by atoms with Crippen molar-refractivity contribution >= 4 is 17.3 Å². The van der Waals surface area contributed by atoms with Crippen LogP contribution in [0.3, 0.4) is 0 Å². The average Bonchev–Trinajstić information content (AvgIpc) is 2.56. The maximum absolute atomic E-state index is 12.4. The van der Waals surface area contributed by atoms with E-state index in [9.17, 15) is 14.7 Å². The molecule has 24 heavy (non-hydrogen) atoms. The fourth-order valence-electron chi connectivity index (χ4n) is 2.91. The normalized spacial score (nSPS) is 14.8. The number of rotatable bonds is 2. The lowest BCUT2D eigenvalue weighted by Gasteiger charge is -2.20. The third-order valence-electron chi connectivity index (χ3n) is 4.39. The van der Waals surface area contributed by atoms with Gasteiger partial charge in [-0.25, -0.2) is 0 Å². The number of ketones is 2. The maximum Gasteiger partial charge on any atom is 0.234 e. The van der Waals surface area contributed by atoms with Crippen molar-refractivity contribution in [3.63, 3.8) is 0 Å². The number of aliphatic hydroxyl groups excluding tert-OH is 1. The van der Waals surface area contributed by atoms with Crippen LogP contribution >= 0.6 is 0 Å². The third-order valence-corrected chi connectivity index (χ3v) is 4.39. The maximum atomic E-state index is 12.4. The molecule has 122 valence electrons. The Kier molecular flexibility index (Phi) is 3.88. The Balaban J connectivity index is 1.97. The van der Waals surface area contributed by atoms with Crippen molar-refractivity contribution in [3.05, 3.63) is 76.4 Å². The predicted octanol–water partition coefficient (Wildman–Crippen LogP) is 4.26. The highest BCUT2D eigenvalue weighted by Crippen LogP contribution is 2.30. The molecule has 0 spiro atoms. The van der Waals surface area contributed by atoms with Gasteiger partial charge in [0, 0.05) is 17.5 Å². The minimum atomic E-state index is -0.619. The van der Waals surface area contributed by atoms with Crippen molar-refractivity contribution in [1.82, 2.24) is 0 Å². The number of carbonyl (C=O) groups excluding carboxylic acids is 2. The minimum absolute atomic E-state index is 0.0511. The topological polar surface area (TPSA) is 54.4 Å². The van der Waals surface area contributed by atoms with Crippen molar-refractivity contribution < 1.29 is 14.7 Å². The molecule has 3 heteroatoms. The van der Waals surface area contributed by atoms with E-state index in [1.807, 2.05) is 24.3 Å². The zero-order valence-corrected chi connectivity index (χ0v) is 14.1. The van der Waals surface area contributed by atoms with Crippen molar-refractivity contribution in [2.75, 3.05) is 0 Å². The van der Waals surface area contributed by atoms with Crippen molar-refractivity contribution in [2.24, 2.45) is 0 Å². The van der Waals surface area contributed by atoms with Crippen LogP contribution in [0.15, 0.2) is 54.1 Å². The van der Waals surface area contributed by atoms with Gasteiger partial charge in [0.05, 0.1) is 5.57 Å². The van der Waals surface area contributed by atoms with Crippen LogP contribution < -0.4 is 0 Å². The van der Waals surface area contributed by atoms with E-state index in [4.69, 9.17) is 0 Å². The van der Waals surface area contributed by atoms with E-state index in [2.05, 4.69) is 20.8 Å². The molecule has 0 saturated carbocycles. The van der Waals surface area contributed by atoms with Gasteiger partial charge in [-0.2, -0.15) is 0 Å². The second kappa shape index (κ2) is 5.75. The highest BCUT2D eigenvalue weighted by atomic mass is 16.3. The number of carbonyl (C=O) groups is 2. The molecule has 0 aliphatic heterocycles. The monoisotopic (exact) mass is 320 g/mol. The van der Waals surface area contributed by atoms with E-state index in [0.29, 0.717) is 5.56 Å². The van der Waals surface area contributed by atoms with Crippen LogP contribution in [0.4, 0.5) is 0 Å². The molecule has 1 aliphatic rings. The molecule has 0 saturated heterocycles. The van der Waals surface area contributed by atoms with Gasteiger partial charge in [0.1, 0.15) is 5.76 Å². The molecule has 0 aromatic heterocycles. The van der Waals surface area contributed by atoms with Crippen LogP contribution in [0.5, 0.6) is 0 Å². The summed E-state index contributed by atoms with van der Waals surface area (Å²) in [5.74, 6) is -1.26. The molecule has 0 atom stereocenters. The minimum Gasteiger partial charge on any atom is -0.507 e. The first kappa shape index (κ1) is 16.2. The number of Topliss-reactive ketones (excluding diaryl/α,β-unsaturated/α-hetero) is 2. The lowest BCUT2D eigenvalue weighted by molar-refractivity contribution is -0.112. The van der Waals surface area contributed by atoms with E-state index < -0.39 is 11.6 Å². The van der Waals surface area contributed by atoms with Gasteiger partial charge >= 0.3 is 0 Å². The third kappa shape index (κ3) is 2.78. The number of benzene rings is 2. The Morgan fingerprint density at radius 2 is 1.42 bits per heavy atom. The average molecular weight is 320 g/mol. The van der Waals surface area contributed by atoms with Crippen LogP contribution in [0, 0.1) is 0 Å². The Morgan fingerprint density at radius 3 is 2.00 bits per heavy atom. The standard InChI is InChI=1S/C21H20O3/c1-21(2,3)14-10-8-13(9-11-14)12-17-18(22)15-6-4-5-7-16(15)19(23)20(17)24/h4-11,22H,12H2,1-3H3. The molecule has 3 nitrogen and oxygen atoms in total. The van der Waals surface area contributed by atoms with E-state index >= 15 is 0 Å². The van der Waals surface area contributed by atoms with Gasteiger partial charge in [0.25, 0.3) is 0 Å². The van der Waals surface area contributed by atoms with E-state index in [1.54, 1.807) is 24.3 Å². The molecule has 0 unspecified atom stereocenters. The highest BCUT2D eigenvalue weighted by molar-refractivity contribution is 6.52. The Bertz CT molecular complexity index is 849. The summed E-state index contributed by atoms with van der Waals surface area (Å²) >= 11 is 0. The number of fused-ring (bicyclic) bond motifs is 1. The molecule has 0 bridgehead atoms. The second-order valence-electron chi connectivity index (χ2n) is 7.15. The van der Waals surface area contributed by atoms with Gasteiger partial charge in [0.15, 0.2) is 0 Å². The number of hydrogen-bond acceptors (Lipinski definition) is 3. The summed E-state index contributed by atoms with van der Waals surface area (Å²) in [7, 11) is 0. The summed E-state index contributed by atoms with van der Waals surface area (Å²) < 4.78 is 0. The van der Waals surface area contributed by atoms with E-state index in [0.717, 1.165) is 5.56 Å². The second-order valence-corrected chi connectivity index (χ2v) is 7.15. The molecule has 2 aromatic carbocycles. The van der Waals surface area contributed by atoms with Gasteiger partial charge in [-0.15, -0.1) is 0 Å². The molecule has 0 amide bonds. The van der Waals surface area contributed by atoms with Gasteiger partial charge in [-0.1, -0.05) is 69.3 Å². The molecular formula is C21H20O3. The molecule has 2 aromatic rings. The van der Waals surface area contributed by atoms with Gasteiger partial charge in [-0.05, 0) is 16.5 Å². The summed E-state index contributed by atoms with van der Waals surface area (Å²) in [6.45, 7) is 6.41. The molecule has 0 heterocycles. The van der Waals surface area contributed by atoms with Crippen molar-refractivity contribution in [1.29, 1.82) is 0 Å². The summed E-state index contributed by atoms with van der Waals surface area (Å²) in [6, 6.07) is 14.6. The van der Waals surface area contributed by atoms with E-state index in [1.165, 1.54) is 5.56 Å². The van der Waals surface area contributed by atoms with Crippen LogP contribution in [0.1, 0.15) is 47.8 Å². The molecule has 0 radical (unpaired) electrons. The molecular weight excluding hydrogens is 300 g/mol. The molecule has 3 rings (SSSR count). The largest absolute Gasteiger partial charge is 0.507 e. The van der Waals surface area contributed by atoms with Crippen molar-refractivity contribution in [3.8, 4) is 0 Å². The Labute approximate surface area is 141 Å². The van der Waals surface area contributed by atoms with Crippen molar-refractivity contribution in [2.45, 2.75) is 32.6 Å². The zero-order valence-electron chi connectivity index (χ0n) is 14.1. The first-order valence-electron chi connectivity index (χ1n) is 7.99. The fraction of sp³-hybridized carbons (Fsp3) is 0.238. The first-order valence-corrected chi connectivity index (χ1v) is 7.99. The van der Waals surface area contributed by atoms with Gasteiger partial charge in [-0.3, -0.25) is 9.59 Å². The number of allylic oxidation sites excluding steroid dienone is 1. The number of hydrogen-bond donors (Lipinski definition) is 1. The van der Waals surface area contributed by atoms with Crippen LogP contribution in [0.2, 0.25) is 0 Å². The van der Waals surface area contributed by atoms with Gasteiger partial charge < -0.3 is 5.11 Å². The smallest absolute Gasteiger partial charge is 0.234 e. The highest BCUT2D eigenvalue weighted by Gasteiger charge is 2.32. The SMILES string of the molecule is CC(C)(C)c1ccc(CC2=C(O)c3ccccc3C(=O)C2=O)cc1. The van der Waals surface area contributed by atoms with Crippen LogP contribution in [-0.2, 0) is 16.6 Å². The van der Waals surface area contributed by atoms with E-state index in [-0.39, 0.29) is 28.7 Å². The Morgan fingerprint density at radius 1 is 0.833 bits per heavy atom. The number of aliphatic hydroxyl groups is 1.